The second-order valence-electron chi connectivity index (χ2n) is 9.04. The summed E-state index contributed by atoms with van der Waals surface area (Å²) in [7, 11) is 0. The van der Waals surface area contributed by atoms with Crippen LogP contribution in [0.3, 0.4) is 0 Å². The Labute approximate surface area is 187 Å². The van der Waals surface area contributed by atoms with Gasteiger partial charge in [-0.05, 0) is 75.5 Å². The molecule has 0 aliphatic heterocycles. The fourth-order valence-corrected chi connectivity index (χ4v) is 4.29. The van der Waals surface area contributed by atoms with Crippen LogP contribution in [0.15, 0.2) is 23.8 Å². The Balaban J connectivity index is 0.00000125. The minimum Gasteiger partial charge on any atom is -0.481 e. The molecule has 0 radical (unpaired) electrons. The Hall–Kier alpha value is -1.49. The van der Waals surface area contributed by atoms with Crippen molar-refractivity contribution in [3.63, 3.8) is 0 Å². The lowest BCUT2D eigenvalue weighted by atomic mass is 9.91. The molecular formula is C28H48O2. The van der Waals surface area contributed by atoms with Gasteiger partial charge in [-0.25, -0.2) is 0 Å². The predicted octanol–water partition coefficient (Wildman–Crippen LogP) is 8.43. The van der Waals surface area contributed by atoms with Crippen LogP contribution in [0.4, 0.5) is 0 Å². The summed E-state index contributed by atoms with van der Waals surface area (Å²) in [5.74, 6) is 8.58. The van der Waals surface area contributed by atoms with Crippen molar-refractivity contribution in [2.24, 2.45) is 23.7 Å². The molecule has 0 saturated heterocycles. The molecule has 2 nitrogen and oxygen atoms in total. The summed E-state index contributed by atoms with van der Waals surface area (Å²) >= 11 is 0. The van der Waals surface area contributed by atoms with Gasteiger partial charge < -0.3 is 5.11 Å². The number of hydrogen-bond donors (Lipinski definition) is 1. The van der Waals surface area contributed by atoms with E-state index >= 15 is 0 Å². The summed E-state index contributed by atoms with van der Waals surface area (Å²) in [6.45, 7) is 12.7. The number of carboxylic acids is 1. The molecule has 2 fully saturated rings. The van der Waals surface area contributed by atoms with Gasteiger partial charge in [0, 0.05) is 12.8 Å². The molecule has 4 atom stereocenters. The summed E-state index contributed by atoms with van der Waals surface area (Å²) in [6.07, 6.45) is 19.0. The molecule has 0 aromatic carbocycles. The number of carboxylic acid groups (broad SMARTS) is 1. The lowest BCUT2D eigenvalue weighted by Gasteiger charge is -2.14. The van der Waals surface area contributed by atoms with E-state index in [0.717, 1.165) is 43.4 Å². The van der Waals surface area contributed by atoms with Crippen molar-refractivity contribution in [1.29, 1.82) is 0 Å². The maximum atomic E-state index is 10.6. The zero-order valence-corrected chi connectivity index (χ0v) is 20.7. The van der Waals surface area contributed by atoms with Crippen LogP contribution in [0.5, 0.6) is 0 Å². The maximum Gasteiger partial charge on any atom is 0.303 e. The molecule has 2 saturated carbocycles. The van der Waals surface area contributed by atoms with Gasteiger partial charge in [0.2, 0.25) is 0 Å². The highest BCUT2D eigenvalue weighted by Gasteiger charge is 2.39. The van der Waals surface area contributed by atoms with Crippen molar-refractivity contribution in [3.8, 4) is 11.8 Å². The molecule has 0 aromatic rings. The molecule has 0 aromatic heterocycles. The molecule has 2 aliphatic rings. The lowest BCUT2D eigenvalue weighted by molar-refractivity contribution is -0.137. The Bertz CT molecular complexity index is 559. The first-order valence-corrected chi connectivity index (χ1v) is 12.4. The first-order chi connectivity index (χ1) is 14.4. The van der Waals surface area contributed by atoms with Crippen LogP contribution in [0.2, 0.25) is 0 Å². The number of allylic oxidation sites excluding steroid dienone is 4. The number of fused-ring (bicyclic) bond motifs is 1. The third kappa shape index (κ3) is 12.9. The van der Waals surface area contributed by atoms with Crippen LogP contribution in [-0.2, 0) is 4.79 Å². The van der Waals surface area contributed by atoms with Crippen LogP contribution in [-0.4, -0.2) is 11.1 Å². The van der Waals surface area contributed by atoms with E-state index in [1.165, 1.54) is 38.5 Å². The van der Waals surface area contributed by atoms with Gasteiger partial charge in [-0.2, -0.15) is 0 Å². The van der Waals surface area contributed by atoms with E-state index in [2.05, 4.69) is 64.7 Å². The van der Waals surface area contributed by atoms with Gasteiger partial charge in [0.1, 0.15) is 0 Å². The molecule has 0 bridgehead atoms. The first kappa shape index (κ1) is 28.5. The molecule has 0 heterocycles. The Kier molecular flexibility index (Phi) is 17.4. The Morgan fingerprint density at radius 3 is 2.43 bits per heavy atom. The number of aliphatic carboxylic acids is 1. The van der Waals surface area contributed by atoms with E-state index in [-0.39, 0.29) is 0 Å². The SMILES string of the molecule is CC#CCC(C)C/C=C/C1CCC2C/C(=C\CCCC(=O)O)CC12.CCC.CCC. The van der Waals surface area contributed by atoms with Gasteiger partial charge in [-0.3, -0.25) is 4.79 Å². The van der Waals surface area contributed by atoms with Gasteiger partial charge in [0.25, 0.3) is 0 Å². The quantitative estimate of drug-likeness (QED) is 0.245. The van der Waals surface area contributed by atoms with Gasteiger partial charge in [0.05, 0.1) is 0 Å². The van der Waals surface area contributed by atoms with Crippen molar-refractivity contribution >= 4 is 5.97 Å². The highest BCUT2D eigenvalue weighted by Crippen LogP contribution is 2.50. The zero-order valence-electron chi connectivity index (χ0n) is 20.7. The number of unbranched alkanes of at least 4 members (excludes halogenated alkanes) is 1. The highest BCUT2D eigenvalue weighted by molar-refractivity contribution is 5.66. The van der Waals surface area contributed by atoms with Crippen molar-refractivity contribution in [2.45, 2.75) is 112 Å². The van der Waals surface area contributed by atoms with Crippen LogP contribution in [0.25, 0.3) is 0 Å². The number of carbonyl (C=O) groups is 1. The molecule has 30 heavy (non-hydrogen) atoms. The van der Waals surface area contributed by atoms with E-state index in [1.807, 2.05) is 6.92 Å². The van der Waals surface area contributed by atoms with Crippen molar-refractivity contribution in [2.75, 3.05) is 0 Å². The third-order valence-corrected chi connectivity index (χ3v) is 5.63. The number of rotatable bonds is 8. The predicted molar refractivity (Wildman–Crippen MR) is 131 cm³/mol. The van der Waals surface area contributed by atoms with Gasteiger partial charge >= 0.3 is 5.97 Å². The largest absolute Gasteiger partial charge is 0.481 e. The van der Waals surface area contributed by atoms with Crippen molar-refractivity contribution < 1.29 is 9.90 Å². The molecule has 0 spiro atoms. The van der Waals surface area contributed by atoms with Crippen molar-refractivity contribution in [1.82, 2.24) is 0 Å². The minimum absolute atomic E-state index is 0.294. The molecular weight excluding hydrogens is 368 g/mol. The van der Waals surface area contributed by atoms with Gasteiger partial charge in [-0.15, -0.1) is 11.8 Å². The molecule has 2 rings (SSSR count). The first-order valence-electron chi connectivity index (χ1n) is 12.4. The molecule has 1 N–H and O–H groups in total. The van der Waals surface area contributed by atoms with Crippen LogP contribution < -0.4 is 0 Å². The Morgan fingerprint density at radius 1 is 1.17 bits per heavy atom. The molecule has 172 valence electrons. The van der Waals surface area contributed by atoms with Gasteiger partial charge in [0.15, 0.2) is 0 Å². The number of hydrogen-bond acceptors (Lipinski definition) is 1. The maximum absolute atomic E-state index is 10.6. The van der Waals surface area contributed by atoms with Crippen LogP contribution >= 0.6 is 0 Å². The molecule has 0 amide bonds. The van der Waals surface area contributed by atoms with E-state index in [4.69, 9.17) is 5.11 Å². The molecule has 4 unspecified atom stereocenters. The van der Waals surface area contributed by atoms with Crippen LogP contribution in [0.1, 0.15) is 112 Å². The summed E-state index contributed by atoms with van der Waals surface area (Å²) in [6, 6.07) is 0. The summed E-state index contributed by atoms with van der Waals surface area (Å²) in [5, 5.41) is 8.70. The average Bonchev–Trinajstić information content (AvgIpc) is 3.26. The monoisotopic (exact) mass is 416 g/mol. The van der Waals surface area contributed by atoms with E-state index in [0.29, 0.717) is 12.3 Å². The van der Waals surface area contributed by atoms with E-state index in [1.54, 1.807) is 5.57 Å². The fraction of sp³-hybridized carbons (Fsp3) is 0.750. The normalized spacial score (nSPS) is 24.2. The summed E-state index contributed by atoms with van der Waals surface area (Å²) in [4.78, 5) is 10.6. The molecule has 2 aliphatic carbocycles. The van der Waals surface area contributed by atoms with E-state index in [9.17, 15) is 4.79 Å². The van der Waals surface area contributed by atoms with E-state index < -0.39 is 5.97 Å². The van der Waals surface area contributed by atoms with Crippen molar-refractivity contribution in [3.05, 3.63) is 23.8 Å². The second-order valence-corrected chi connectivity index (χ2v) is 9.04. The minimum atomic E-state index is -0.680. The zero-order chi connectivity index (χ0) is 22.8. The highest BCUT2D eigenvalue weighted by atomic mass is 16.4. The summed E-state index contributed by atoms with van der Waals surface area (Å²) < 4.78 is 0. The second kappa shape index (κ2) is 18.3. The average molecular weight is 417 g/mol. The third-order valence-electron chi connectivity index (χ3n) is 5.63. The lowest BCUT2D eigenvalue weighted by Crippen LogP contribution is -2.06. The summed E-state index contributed by atoms with van der Waals surface area (Å²) in [5.41, 5.74) is 1.58. The fourth-order valence-electron chi connectivity index (χ4n) is 4.29. The smallest absolute Gasteiger partial charge is 0.303 e. The van der Waals surface area contributed by atoms with Gasteiger partial charge in [-0.1, -0.05) is 71.3 Å². The van der Waals surface area contributed by atoms with Crippen LogP contribution in [0, 0.1) is 35.5 Å². The topological polar surface area (TPSA) is 37.3 Å². The Morgan fingerprint density at radius 2 is 1.83 bits per heavy atom. The standard InChI is InChI=1S/C22H32O2.2C3H8/c1-3-4-8-17(2)9-7-11-19-13-14-20-15-18(16-21(19)20)10-5-6-12-22(23)24;2*1-3-2/h7,10-11,17,19-21H,5-6,8-9,12-16H2,1-2H3,(H,23,24);2*3H2,1-2H3/b11-7+,18-10+;;. The molecule has 2 heteroatoms.